The van der Waals surface area contributed by atoms with Gasteiger partial charge in [-0.25, -0.2) is 5.09 Å². The molecule has 0 aromatic carbocycles. The molecule has 1 heterocycles. The minimum atomic E-state index is -3.22. The summed E-state index contributed by atoms with van der Waals surface area (Å²) in [5.41, 5.74) is 11.2. The van der Waals surface area contributed by atoms with Gasteiger partial charge in [-0.2, -0.15) is 0 Å². The topological polar surface area (TPSA) is 101 Å². The molecule has 0 radical (unpaired) electrons. The van der Waals surface area contributed by atoms with Crippen LogP contribution < -0.4 is 16.3 Å². The van der Waals surface area contributed by atoms with Crippen molar-refractivity contribution in [3.8, 4) is 0 Å². The van der Waals surface area contributed by atoms with Gasteiger partial charge < -0.3 is 5.73 Å². The summed E-state index contributed by atoms with van der Waals surface area (Å²) in [4.78, 5) is 11.6. The Morgan fingerprint density at radius 2 is 2.33 bits per heavy atom. The monoisotopic (exact) mass is 234 g/mol. The number of hydrogen-bond donors (Lipinski definition) is 3. The number of nitrogens with zero attached hydrogens (tertiary/aromatic N) is 1. The van der Waals surface area contributed by atoms with Gasteiger partial charge in [-0.05, 0) is 19.3 Å². The molecule has 0 aromatic rings. The molecule has 0 aromatic heterocycles. The second-order valence-electron chi connectivity index (χ2n) is 3.74. The summed E-state index contributed by atoms with van der Waals surface area (Å²) in [5, 5.41) is 2.71. The molecule has 0 aliphatic carbocycles. The minimum absolute atomic E-state index is 0.310. The molecule has 0 spiro atoms. The average Bonchev–Trinajstić information content (AvgIpc) is 2.19. The molecule has 1 fully saturated rings. The van der Waals surface area contributed by atoms with Crippen LogP contribution in [0.1, 0.15) is 26.2 Å². The van der Waals surface area contributed by atoms with Crippen molar-refractivity contribution in [3.05, 3.63) is 0 Å². The first kappa shape index (κ1) is 12.6. The Morgan fingerprint density at radius 1 is 1.67 bits per heavy atom. The number of nitrogens with two attached hydrogens (primary N) is 2. The number of rotatable bonds is 4. The fourth-order valence-electron chi connectivity index (χ4n) is 1.54. The van der Waals surface area contributed by atoms with Gasteiger partial charge in [-0.3, -0.25) is 19.5 Å². The van der Waals surface area contributed by atoms with Crippen molar-refractivity contribution in [2.75, 3.05) is 13.1 Å². The van der Waals surface area contributed by atoms with Gasteiger partial charge in [0.15, 0.2) is 0 Å². The molecule has 88 valence electrons. The highest BCUT2D eigenvalue weighted by molar-refractivity contribution is 7.57. The van der Waals surface area contributed by atoms with Crippen LogP contribution in [-0.4, -0.2) is 29.7 Å². The highest BCUT2D eigenvalue weighted by Crippen LogP contribution is 2.38. The standard InChI is InChI=1S/C8H19N4O2P/c1-2-5-11-15(10,14)12-6-3-4-7(9)8(12)13/h7H,2-6,9H2,1H3,(H3,10,11,14)/t7-,15?/m0/s1. The quantitative estimate of drug-likeness (QED) is 0.594. The number of piperidine rings is 1. The molecule has 7 heteroatoms. The zero-order chi connectivity index (χ0) is 11.5. The van der Waals surface area contributed by atoms with Crippen LogP contribution in [0, 0.1) is 0 Å². The Hall–Kier alpha value is -0.420. The lowest BCUT2D eigenvalue weighted by atomic mass is 10.1. The van der Waals surface area contributed by atoms with Crippen LogP contribution in [0.15, 0.2) is 0 Å². The normalized spacial score (nSPS) is 26.5. The second-order valence-corrected chi connectivity index (χ2v) is 5.79. The Kier molecular flexibility index (Phi) is 4.28. The molecule has 15 heavy (non-hydrogen) atoms. The van der Waals surface area contributed by atoms with Crippen LogP contribution in [0.5, 0.6) is 0 Å². The third kappa shape index (κ3) is 3.01. The zero-order valence-corrected chi connectivity index (χ0v) is 9.87. The smallest absolute Gasteiger partial charge is 0.305 e. The first-order valence-electron chi connectivity index (χ1n) is 5.20. The summed E-state index contributed by atoms with van der Waals surface area (Å²) in [7, 11) is -3.22. The number of amides is 1. The molecule has 6 nitrogen and oxygen atoms in total. The van der Waals surface area contributed by atoms with E-state index in [9.17, 15) is 9.36 Å². The van der Waals surface area contributed by atoms with Crippen LogP contribution in [0.4, 0.5) is 0 Å². The molecular formula is C8H19N4O2P. The largest absolute Gasteiger partial charge is 0.320 e. The van der Waals surface area contributed by atoms with E-state index in [4.69, 9.17) is 11.2 Å². The molecule has 0 saturated carbocycles. The summed E-state index contributed by atoms with van der Waals surface area (Å²) in [6.45, 7) is 2.90. The van der Waals surface area contributed by atoms with Crippen molar-refractivity contribution in [3.63, 3.8) is 0 Å². The first-order valence-corrected chi connectivity index (χ1v) is 6.93. The predicted molar refractivity (Wildman–Crippen MR) is 59.0 cm³/mol. The number of hydrogen-bond acceptors (Lipinski definition) is 3. The lowest BCUT2D eigenvalue weighted by molar-refractivity contribution is -0.129. The molecule has 1 saturated heterocycles. The third-order valence-corrected chi connectivity index (χ3v) is 4.19. The lowest BCUT2D eigenvalue weighted by Crippen LogP contribution is -2.49. The number of nitrogens with one attached hydrogen (secondary N) is 1. The fraction of sp³-hybridized carbons (Fsp3) is 0.875. The summed E-state index contributed by atoms with van der Waals surface area (Å²) in [5.74, 6) is -0.310. The summed E-state index contributed by atoms with van der Waals surface area (Å²) in [6.07, 6.45) is 2.21. The maximum Gasteiger partial charge on any atom is 0.305 e. The molecule has 2 atom stereocenters. The van der Waals surface area contributed by atoms with E-state index in [0.717, 1.165) is 12.8 Å². The van der Waals surface area contributed by atoms with E-state index in [1.54, 1.807) is 0 Å². The van der Waals surface area contributed by atoms with Crippen molar-refractivity contribution < 1.29 is 9.36 Å². The molecule has 1 amide bonds. The van der Waals surface area contributed by atoms with Crippen LogP contribution in [0.2, 0.25) is 0 Å². The van der Waals surface area contributed by atoms with E-state index in [2.05, 4.69) is 5.09 Å². The van der Waals surface area contributed by atoms with Crippen LogP contribution in [-0.2, 0) is 9.36 Å². The molecule has 1 rings (SSSR count). The molecule has 1 aliphatic rings. The Morgan fingerprint density at radius 3 is 2.93 bits per heavy atom. The lowest BCUT2D eigenvalue weighted by Gasteiger charge is -2.34. The summed E-state index contributed by atoms with van der Waals surface area (Å²) >= 11 is 0. The van der Waals surface area contributed by atoms with Crippen molar-refractivity contribution in [2.24, 2.45) is 11.2 Å². The highest BCUT2D eigenvalue weighted by atomic mass is 31.2. The summed E-state index contributed by atoms with van der Waals surface area (Å²) < 4.78 is 13.2. The molecular weight excluding hydrogens is 215 g/mol. The van der Waals surface area contributed by atoms with Crippen LogP contribution in [0.25, 0.3) is 0 Å². The molecule has 1 aliphatic heterocycles. The van der Waals surface area contributed by atoms with Gasteiger partial charge in [0.05, 0.1) is 6.04 Å². The van der Waals surface area contributed by atoms with E-state index >= 15 is 0 Å². The molecule has 0 bridgehead atoms. The summed E-state index contributed by atoms with van der Waals surface area (Å²) in [6, 6.07) is -0.556. The van der Waals surface area contributed by atoms with Gasteiger partial charge in [0.1, 0.15) is 0 Å². The van der Waals surface area contributed by atoms with Crippen molar-refractivity contribution in [1.29, 1.82) is 0 Å². The van der Waals surface area contributed by atoms with Gasteiger partial charge in [0, 0.05) is 13.1 Å². The second kappa shape index (κ2) is 5.07. The van der Waals surface area contributed by atoms with Crippen LogP contribution in [0.3, 0.4) is 0 Å². The Labute approximate surface area is 89.9 Å². The van der Waals surface area contributed by atoms with Gasteiger partial charge in [-0.15, -0.1) is 0 Å². The van der Waals surface area contributed by atoms with Gasteiger partial charge in [0.2, 0.25) is 5.91 Å². The first-order chi connectivity index (χ1) is 6.99. The van der Waals surface area contributed by atoms with E-state index < -0.39 is 13.6 Å². The van der Waals surface area contributed by atoms with Crippen molar-refractivity contribution in [1.82, 2.24) is 9.76 Å². The number of carbonyl (C=O) groups excluding carboxylic acids is 1. The van der Waals surface area contributed by atoms with E-state index in [0.29, 0.717) is 19.5 Å². The SMILES string of the molecule is CCCNP(N)(=O)N1CCC[C@H](N)C1=O. The van der Waals surface area contributed by atoms with Gasteiger partial charge in [-0.1, -0.05) is 6.92 Å². The molecule has 1 unspecified atom stereocenters. The Balaban J connectivity index is 2.68. The Bertz CT molecular complexity index is 284. The van der Waals surface area contributed by atoms with Gasteiger partial charge in [0.25, 0.3) is 0 Å². The maximum atomic E-state index is 12.0. The van der Waals surface area contributed by atoms with Crippen molar-refractivity contribution >= 4 is 13.5 Å². The highest BCUT2D eigenvalue weighted by Gasteiger charge is 2.35. The van der Waals surface area contributed by atoms with E-state index in [-0.39, 0.29) is 5.91 Å². The number of carbonyl (C=O) groups is 1. The molecule has 5 N–H and O–H groups in total. The van der Waals surface area contributed by atoms with Gasteiger partial charge >= 0.3 is 7.59 Å². The minimum Gasteiger partial charge on any atom is -0.320 e. The van der Waals surface area contributed by atoms with Crippen molar-refractivity contribution in [2.45, 2.75) is 32.2 Å². The maximum absolute atomic E-state index is 12.0. The zero-order valence-electron chi connectivity index (χ0n) is 8.98. The predicted octanol–water partition coefficient (Wildman–Crippen LogP) is 0.00250. The average molecular weight is 234 g/mol. The third-order valence-electron chi connectivity index (χ3n) is 2.40. The van der Waals surface area contributed by atoms with E-state index in [1.807, 2.05) is 6.92 Å². The fourth-order valence-corrected chi connectivity index (χ4v) is 3.13. The van der Waals surface area contributed by atoms with E-state index in [1.165, 1.54) is 4.67 Å². The van der Waals surface area contributed by atoms with Crippen LogP contribution >= 0.6 is 7.59 Å².